The maximum atomic E-state index is 11.9. The fourth-order valence-corrected chi connectivity index (χ4v) is 1.99. The molecule has 0 radical (unpaired) electrons. The third-order valence-corrected chi connectivity index (χ3v) is 2.99. The van der Waals surface area contributed by atoms with Crippen LogP contribution in [-0.2, 0) is 4.74 Å². The largest absolute Gasteiger partial charge is 0.444 e. The zero-order chi connectivity index (χ0) is 18.0. The Morgan fingerprint density at radius 2 is 1.61 bits per heavy atom. The third-order valence-electron chi connectivity index (χ3n) is 2.99. The number of amides is 3. The molecule has 0 aliphatic heterocycles. The number of alkyl carbamates (subject to hydrolysis) is 1. The predicted molar refractivity (Wildman–Crippen MR) is 93.5 cm³/mol. The molecule has 0 aromatic heterocycles. The van der Waals surface area contributed by atoms with Gasteiger partial charge in [-0.25, -0.2) is 9.59 Å². The highest BCUT2D eigenvalue weighted by molar-refractivity contribution is 5.74. The summed E-state index contributed by atoms with van der Waals surface area (Å²) in [5, 5.41) is 8.46. The van der Waals surface area contributed by atoms with Gasteiger partial charge in [-0.1, -0.05) is 27.7 Å². The van der Waals surface area contributed by atoms with Crippen molar-refractivity contribution in [2.45, 2.75) is 73.0 Å². The Hall–Kier alpha value is -1.46. The summed E-state index contributed by atoms with van der Waals surface area (Å²) >= 11 is 0. The van der Waals surface area contributed by atoms with E-state index in [0.29, 0.717) is 24.9 Å². The van der Waals surface area contributed by atoms with Gasteiger partial charge in [-0.3, -0.25) is 0 Å². The molecule has 3 amide bonds. The van der Waals surface area contributed by atoms with Crippen LogP contribution in [0.3, 0.4) is 0 Å². The van der Waals surface area contributed by atoms with Gasteiger partial charge in [0.2, 0.25) is 0 Å². The molecule has 0 aromatic rings. The summed E-state index contributed by atoms with van der Waals surface area (Å²) in [4.78, 5) is 23.6. The van der Waals surface area contributed by atoms with E-state index in [9.17, 15) is 9.59 Å². The summed E-state index contributed by atoms with van der Waals surface area (Å²) in [6.45, 7) is 14.9. The van der Waals surface area contributed by atoms with Crippen molar-refractivity contribution >= 4 is 12.1 Å². The number of carbonyl (C=O) groups is 2. The van der Waals surface area contributed by atoms with Gasteiger partial charge in [0, 0.05) is 19.1 Å². The molecule has 136 valence electrons. The number of hydrogen-bond acceptors (Lipinski definition) is 3. The van der Waals surface area contributed by atoms with E-state index in [1.807, 2.05) is 20.8 Å². The van der Waals surface area contributed by atoms with Crippen LogP contribution in [0.25, 0.3) is 0 Å². The van der Waals surface area contributed by atoms with Crippen molar-refractivity contribution < 1.29 is 14.3 Å². The lowest BCUT2D eigenvalue weighted by Crippen LogP contribution is -2.48. The van der Waals surface area contributed by atoms with Gasteiger partial charge in [0.1, 0.15) is 5.60 Å². The molecule has 3 N–H and O–H groups in total. The molecule has 0 unspecified atom stereocenters. The van der Waals surface area contributed by atoms with Crippen molar-refractivity contribution in [3.8, 4) is 0 Å². The van der Waals surface area contributed by atoms with Crippen LogP contribution in [0.2, 0.25) is 0 Å². The summed E-state index contributed by atoms with van der Waals surface area (Å²) in [7, 11) is 0. The van der Waals surface area contributed by atoms with Crippen LogP contribution < -0.4 is 16.0 Å². The lowest BCUT2D eigenvalue weighted by atomic mass is 10.0. The van der Waals surface area contributed by atoms with E-state index in [2.05, 4.69) is 43.6 Å². The zero-order valence-corrected chi connectivity index (χ0v) is 15.8. The first-order valence-electron chi connectivity index (χ1n) is 8.50. The number of nitrogens with one attached hydrogen (secondary N) is 3. The maximum absolute atomic E-state index is 11.9. The maximum Gasteiger partial charge on any atom is 0.407 e. The van der Waals surface area contributed by atoms with Gasteiger partial charge in [-0.2, -0.15) is 0 Å². The standard InChI is InChI=1S/C17H35N3O3/c1-12(2)8-9-18-15(21)19-11-14(10-13(3)4)20-16(22)23-17(5,6)7/h12-14H,8-11H2,1-7H3,(H,20,22)(H2,18,19,21)/t14-/m0/s1. The highest BCUT2D eigenvalue weighted by Crippen LogP contribution is 2.09. The van der Waals surface area contributed by atoms with Crippen molar-refractivity contribution in [3.05, 3.63) is 0 Å². The van der Waals surface area contributed by atoms with Gasteiger partial charge >= 0.3 is 12.1 Å². The molecule has 0 spiro atoms. The van der Waals surface area contributed by atoms with E-state index >= 15 is 0 Å². The van der Waals surface area contributed by atoms with Gasteiger partial charge in [0.25, 0.3) is 0 Å². The number of urea groups is 1. The summed E-state index contributed by atoms with van der Waals surface area (Å²) in [5.74, 6) is 0.957. The number of carbonyl (C=O) groups excluding carboxylic acids is 2. The summed E-state index contributed by atoms with van der Waals surface area (Å²) in [6.07, 6.45) is 1.26. The van der Waals surface area contributed by atoms with Crippen LogP contribution in [-0.4, -0.2) is 36.9 Å². The Kier molecular flexibility index (Phi) is 9.68. The normalized spacial score (nSPS) is 12.9. The number of rotatable bonds is 8. The first-order chi connectivity index (χ1) is 10.5. The molecule has 0 saturated carbocycles. The van der Waals surface area contributed by atoms with Crippen molar-refractivity contribution in [3.63, 3.8) is 0 Å². The van der Waals surface area contributed by atoms with Crippen molar-refractivity contribution in [2.24, 2.45) is 11.8 Å². The average molecular weight is 329 g/mol. The van der Waals surface area contributed by atoms with E-state index in [1.165, 1.54) is 0 Å². The minimum absolute atomic E-state index is 0.152. The Morgan fingerprint density at radius 3 is 2.09 bits per heavy atom. The van der Waals surface area contributed by atoms with Crippen LogP contribution in [0.1, 0.15) is 61.3 Å². The molecule has 0 aromatic carbocycles. The molecular weight excluding hydrogens is 294 g/mol. The molecule has 0 fully saturated rings. The summed E-state index contributed by atoms with van der Waals surface area (Å²) in [6, 6.07) is -0.355. The Balaban J connectivity index is 4.29. The molecular formula is C17H35N3O3. The molecule has 0 heterocycles. The second-order valence-corrected chi connectivity index (χ2v) is 7.79. The van der Waals surface area contributed by atoms with Gasteiger partial charge in [-0.05, 0) is 45.4 Å². The second-order valence-electron chi connectivity index (χ2n) is 7.79. The van der Waals surface area contributed by atoms with Gasteiger partial charge in [-0.15, -0.1) is 0 Å². The molecule has 6 nitrogen and oxygen atoms in total. The van der Waals surface area contributed by atoms with E-state index in [1.54, 1.807) is 0 Å². The minimum atomic E-state index is -0.534. The fraction of sp³-hybridized carbons (Fsp3) is 0.882. The molecule has 0 bridgehead atoms. The highest BCUT2D eigenvalue weighted by atomic mass is 16.6. The van der Waals surface area contributed by atoms with Gasteiger partial charge < -0.3 is 20.7 Å². The van der Waals surface area contributed by atoms with Gasteiger partial charge in [0.05, 0.1) is 0 Å². The second kappa shape index (κ2) is 10.3. The molecule has 0 aliphatic rings. The van der Waals surface area contributed by atoms with E-state index in [4.69, 9.17) is 4.74 Å². The molecule has 1 atom stereocenters. The van der Waals surface area contributed by atoms with E-state index in [0.717, 1.165) is 12.8 Å². The summed E-state index contributed by atoms with van der Waals surface area (Å²) in [5.41, 5.74) is -0.534. The fourth-order valence-electron chi connectivity index (χ4n) is 1.99. The molecule has 23 heavy (non-hydrogen) atoms. The van der Waals surface area contributed by atoms with Gasteiger partial charge in [0.15, 0.2) is 0 Å². The van der Waals surface area contributed by atoms with Crippen LogP contribution in [0, 0.1) is 11.8 Å². The first kappa shape index (κ1) is 21.5. The predicted octanol–water partition coefficient (Wildman–Crippen LogP) is 3.27. The van der Waals surface area contributed by atoms with Crippen molar-refractivity contribution in [1.82, 2.24) is 16.0 Å². The number of ether oxygens (including phenoxy) is 1. The van der Waals surface area contributed by atoms with Crippen LogP contribution in [0.15, 0.2) is 0 Å². The van der Waals surface area contributed by atoms with E-state index in [-0.39, 0.29) is 12.1 Å². The SMILES string of the molecule is CC(C)CCNC(=O)NC[C@H](CC(C)C)NC(=O)OC(C)(C)C. The topological polar surface area (TPSA) is 79.5 Å². The van der Waals surface area contributed by atoms with Crippen molar-refractivity contribution in [2.75, 3.05) is 13.1 Å². The molecule has 0 rings (SSSR count). The Labute approximate surface area is 141 Å². The van der Waals surface area contributed by atoms with Crippen LogP contribution in [0.4, 0.5) is 9.59 Å². The first-order valence-corrected chi connectivity index (χ1v) is 8.50. The molecule has 0 aliphatic carbocycles. The quantitative estimate of drug-likeness (QED) is 0.639. The minimum Gasteiger partial charge on any atom is -0.444 e. The molecule has 6 heteroatoms. The van der Waals surface area contributed by atoms with Crippen LogP contribution in [0.5, 0.6) is 0 Å². The van der Waals surface area contributed by atoms with Crippen molar-refractivity contribution in [1.29, 1.82) is 0 Å². The Bertz CT molecular complexity index is 363. The van der Waals surface area contributed by atoms with Crippen LogP contribution >= 0.6 is 0 Å². The lowest BCUT2D eigenvalue weighted by molar-refractivity contribution is 0.0498. The average Bonchev–Trinajstić information content (AvgIpc) is 2.32. The Morgan fingerprint density at radius 1 is 1.00 bits per heavy atom. The third kappa shape index (κ3) is 13.9. The van der Waals surface area contributed by atoms with E-state index < -0.39 is 11.7 Å². The highest BCUT2D eigenvalue weighted by Gasteiger charge is 2.20. The zero-order valence-electron chi connectivity index (χ0n) is 15.8. The monoisotopic (exact) mass is 329 g/mol. The smallest absolute Gasteiger partial charge is 0.407 e. The molecule has 0 saturated heterocycles. The summed E-state index contributed by atoms with van der Waals surface area (Å²) < 4.78 is 5.27. The number of hydrogen-bond donors (Lipinski definition) is 3. The lowest BCUT2D eigenvalue weighted by Gasteiger charge is -2.25.